The van der Waals surface area contributed by atoms with Crippen LogP contribution in [0.4, 0.5) is 0 Å². The normalized spacial score (nSPS) is 26.3. The summed E-state index contributed by atoms with van der Waals surface area (Å²) in [5, 5.41) is 19.1. The number of aliphatic hydroxyl groups excluding tert-OH is 2. The van der Waals surface area contributed by atoms with Gasteiger partial charge in [0.05, 0.1) is 23.6 Å². The number of sulfonamides is 1. The molecule has 1 fully saturated rings. The fraction of sp³-hybridized carbons (Fsp3) is 0.600. The van der Waals surface area contributed by atoms with Gasteiger partial charge in [0.15, 0.2) is 0 Å². The molecule has 0 unspecified atom stereocenters. The molecule has 2 rings (SSSR count). The number of aliphatic hydroxyl groups is 2. The Labute approximate surface area is 131 Å². The molecule has 124 valence electrons. The zero-order valence-corrected chi connectivity index (χ0v) is 13.7. The molecule has 0 bridgehead atoms. The Morgan fingerprint density at radius 2 is 1.95 bits per heavy atom. The van der Waals surface area contributed by atoms with Crippen LogP contribution in [0.5, 0.6) is 5.75 Å². The fourth-order valence-corrected chi connectivity index (χ4v) is 4.77. The summed E-state index contributed by atoms with van der Waals surface area (Å²) < 4.78 is 32.3. The molecule has 22 heavy (non-hydrogen) atoms. The summed E-state index contributed by atoms with van der Waals surface area (Å²) in [5.41, 5.74) is -0.980. The number of rotatable bonds is 6. The molecule has 0 aliphatic carbocycles. The molecule has 2 N–H and O–H groups in total. The number of hydrogen-bond donors (Lipinski definition) is 2. The maximum atomic E-state index is 12.8. The third kappa shape index (κ3) is 2.86. The first-order chi connectivity index (χ1) is 10.4. The van der Waals surface area contributed by atoms with Gasteiger partial charge in [-0.25, -0.2) is 8.42 Å². The van der Waals surface area contributed by atoms with Crippen LogP contribution in [0.3, 0.4) is 0 Å². The highest BCUT2D eigenvalue weighted by Crippen LogP contribution is 2.38. The van der Waals surface area contributed by atoms with Crippen molar-refractivity contribution in [1.82, 2.24) is 4.31 Å². The standard InChI is InChI=1S/C15H23NO5S/c1-3-21-13-4-6-14(7-5-13)22(19,20)16-9-8-12(10-17)15(16,2)11-18/h4-7,12,17-18H,3,8-11H2,1-2H3/t12-,15+/m1/s1. The molecule has 0 amide bonds. The van der Waals surface area contributed by atoms with E-state index in [1.165, 1.54) is 16.4 Å². The third-order valence-electron chi connectivity index (χ3n) is 4.39. The van der Waals surface area contributed by atoms with Gasteiger partial charge in [-0.3, -0.25) is 0 Å². The summed E-state index contributed by atoms with van der Waals surface area (Å²) in [5.74, 6) is 0.344. The molecule has 0 spiro atoms. The van der Waals surface area contributed by atoms with E-state index in [1.807, 2.05) is 6.92 Å². The highest BCUT2D eigenvalue weighted by molar-refractivity contribution is 7.89. The molecule has 7 heteroatoms. The topological polar surface area (TPSA) is 87.1 Å². The van der Waals surface area contributed by atoms with Crippen molar-refractivity contribution in [2.75, 3.05) is 26.4 Å². The van der Waals surface area contributed by atoms with Crippen LogP contribution in [0.25, 0.3) is 0 Å². The Balaban J connectivity index is 2.33. The van der Waals surface area contributed by atoms with E-state index in [4.69, 9.17) is 4.74 Å². The van der Waals surface area contributed by atoms with Gasteiger partial charge in [0.2, 0.25) is 10.0 Å². The van der Waals surface area contributed by atoms with Gasteiger partial charge < -0.3 is 14.9 Å². The molecular weight excluding hydrogens is 306 g/mol. The summed E-state index contributed by atoms with van der Waals surface area (Å²) in [7, 11) is -3.73. The van der Waals surface area contributed by atoms with Crippen LogP contribution in [0.2, 0.25) is 0 Å². The van der Waals surface area contributed by atoms with Crippen LogP contribution in [0, 0.1) is 5.92 Å². The first-order valence-corrected chi connectivity index (χ1v) is 8.81. The predicted octanol–water partition coefficient (Wildman–Crippen LogP) is 0.839. The van der Waals surface area contributed by atoms with E-state index in [2.05, 4.69) is 0 Å². The van der Waals surface area contributed by atoms with Gasteiger partial charge in [-0.2, -0.15) is 4.31 Å². The molecule has 1 aliphatic heterocycles. The molecular formula is C15H23NO5S. The molecule has 1 saturated heterocycles. The zero-order valence-electron chi connectivity index (χ0n) is 12.9. The highest BCUT2D eigenvalue weighted by Gasteiger charge is 2.50. The summed E-state index contributed by atoms with van der Waals surface area (Å²) in [6.45, 7) is 3.86. The van der Waals surface area contributed by atoms with Gasteiger partial charge in [0.1, 0.15) is 5.75 Å². The first kappa shape index (κ1) is 17.2. The first-order valence-electron chi connectivity index (χ1n) is 7.37. The van der Waals surface area contributed by atoms with Crippen LogP contribution < -0.4 is 4.74 Å². The molecule has 0 saturated carbocycles. The molecule has 2 atom stereocenters. The minimum atomic E-state index is -3.73. The second kappa shape index (κ2) is 6.54. The molecule has 1 heterocycles. The van der Waals surface area contributed by atoms with Gasteiger partial charge >= 0.3 is 0 Å². The molecule has 1 aliphatic rings. The van der Waals surface area contributed by atoms with Crippen molar-refractivity contribution in [1.29, 1.82) is 0 Å². The third-order valence-corrected chi connectivity index (χ3v) is 6.44. The monoisotopic (exact) mass is 329 g/mol. The minimum Gasteiger partial charge on any atom is -0.494 e. The second-order valence-corrected chi connectivity index (χ2v) is 7.53. The van der Waals surface area contributed by atoms with E-state index >= 15 is 0 Å². The number of hydrogen-bond acceptors (Lipinski definition) is 5. The second-order valence-electron chi connectivity index (χ2n) is 5.67. The van der Waals surface area contributed by atoms with Gasteiger partial charge in [-0.05, 0) is 44.5 Å². The molecule has 0 aromatic heterocycles. The minimum absolute atomic E-state index is 0.146. The largest absolute Gasteiger partial charge is 0.494 e. The van der Waals surface area contributed by atoms with Crippen molar-refractivity contribution in [3.8, 4) is 5.75 Å². The van der Waals surface area contributed by atoms with E-state index < -0.39 is 15.6 Å². The smallest absolute Gasteiger partial charge is 0.243 e. The fourth-order valence-electron chi connectivity index (χ4n) is 2.94. The lowest BCUT2D eigenvalue weighted by molar-refractivity contribution is 0.0713. The summed E-state index contributed by atoms with van der Waals surface area (Å²) in [6.07, 6.45) is 0.532. The summed E-state index contributed by atoms with van der Waals surface area (Å²) in [4.78, 5) is 0.161. The Hall–Kier alpha value is -1.15. The maximum Gasteiger partial charge on any atom is 0.243 e. The lowest BCUT2D eigenvalue weighted by Gasteiger charge is -2.36. The Morgan fingerprint density at radius 1 is 1.32 bits per heavy atom. The van der Waals surface area contributed by atoms with Crippen molar-refractivity contribution in [2.45, 2.75) is 30.7 Å². The number of benzene rings is 1. The zero-order chi connectivity index (χ0) is 16.4. The Kier molecular flexibility index (Phi) is 5.11. The summed E-state index contributed by atoms with van der Waals surface area (Å²) in [6, 6.07) is 6.24. The van der Waals surface area contributed by atoms with Crippen LogP contribution >= 0.6 is 0 Å². The van der Waals surface area contributed by atoms with Crippen LogP contribution in [-0.2, 0) is 10.0 Å². The van der Waals surface area contributed by atoms with Crippen molar-refractivity contribution in [2.24, 2.45) is 5.92 Å². The van der Waals surface area contributed by atoms with Gasteiger partial charge in [0.25, 0.3) is 0 Å². The number of nitrogens with zero attached hydrogens (tertiary/aromatic N) is 1. The quantitative estimate of drug-likeness (QED) is 0.807. The molecule has 0 radical (unpaired) electrons. The van der Waals surface area contributed by atoms with E-state index in [0.717, 1.165) is 0 Å². The molecule has 1 aromatic rings. The average molecular weight is 329 g/mol. The van der Waals surface area contributed by atoms with Gasteiger partial charge in [0, 0.05) is 19.1 Å². The van der Waals surface area contributed by atoms with Crippen LogP contribution in [0.1, 0.15) is 20.3 Å². The number of ether oxygens (including phenoxy) is 1. The maximum absolute atomic E-state index is 12.8. The van der Waals surface area contributed by atoms with Crippen molar-refractivity contribution in [3.63, 3.8) is 0 Å². The lowest BCUT2D eigenvalue weighted by Crippen LogP contribution is -2.51. The van der Waals surface area contributed by atoms with Gasteiger partial charge in [-0.1, -0.05) is 0 Å². The van der Waals surface area contributed by atoms with Crippen LogP contribution in [0.15, 0.2) is 29.2 Å². The lowest BCUT2D eigenvalue weighted by atomic mass is 9.89. The Morgan fingerprint density at radius 3 is 2.45 bits per heavy atom. The van der Waals surface area contributed by atoms with E-state index in [0.29, 0.717) is 18.8 Å². The van der Waals surface area contributed by atoms with Gasteiger partial charge in [-0.15, -0.1) is 0 Å². The highest BCUT2D eigenvalue weighted by atomic mass is 32.2. The average Bonchev–Trinajstić information content (AvgIpc) is 2.86. The van der Waals surface area contributed by atoms with Crippen molar-refractivity contribution in [3.05, 3.63) is 24.3 Å². The Bertz CT molecular complexity index is 601. The van der Waals surface area contributed by atoms with Crippen LogP contribution in [-0.4, -0.2) is 54.8 Å². The van der Waals surface area contributed by atoms with E-state index in [9.17, 15) is 18.6 Å². The predicted molar refractivity (Wildman–Crippen MR) is 82.2 cm³/mol. The van der Waals surface area contributed by atoms with E-state index in [1.54, 1.807) is 19.1 Å². The molecule has 1 aromatic carbocycles. The van der Waals surface area contributed by atoms with E-state index in [-0.39, 0.29) is 30.6 Å². The molecule has 6 nitrogen and oxygen atoms in total. The SMILES string of the molecule is CCOc1ccc(S(=O)(=O)N2CC[C@H](CO)[C@]2(C)CO)cc1. The van der Waals surface area contributed by atoms with Crippen molar-refractivity contribution < 1.29 is 23.4 Å². The van der Waals surface area contributed by atoms with Crippen molar-refractivity contribution >= 4 is 10.0 Å². The summed E-state index contributed by atoms with van der Waals surface area (Å²) >= 11 is 0.